The van der Waals surface area contributed by atoms with Crippen molar-refractivity contribution < 1.29 is 14.3 Å². The van der Waals surface area contributed by atoms with E-state index in [1.165, 1.54) is 0 Å². The van der Waals surface area contributed by atoms with Gasteiger partial charge in [-0.25, -0.2) is 5.01 Å². The number of carbonyl (C=O) groups excluding carboxylic acids is 1. The molecule has 0 aromatic heterocycles. The minimum atomic E-state index is -0.365. The van der Waals surface area contributed by atoms with E-state index in [0.717, 1.165) is 11.3 Å². The lowest BCUT2D eigenvalue weighted by Crippen LogP contribution is -2.37. The Hall–Kier alpha value is -1.79. The maximum Gasteiger partial charge on any atom is 0.236 e. The molecule has 19 heavy (non-hydrogen) atoms. The number of ether oxygens (including phenoxy) is 2. The van der Waals surface area contributed by atoms with Crippen LogP contribution in [0.2, 0.25) is 0 Å². The van der Waals surface area contributed by atoms with Crippen LogP contribution in [0.25, 0.3) is 0 Å². The minimum Gasteiger partial charge on any atom is -0.486 e. The first kappa shape index (κ1) is 13.6. The first-order chi connectivity index (χ1) is 9.06. The lowest BCUT2D eigenvalue weighted by Gasteiger charge is -2.20. The van der Waals surface area contributed by atoms with Crippen LogP contribution in [0.5, 0.6) is 11.5 Å². The van der Waals surface area contributed by atoms with Gasteiger partial charge < -0.3 is 15.2 Å². The van der Waals surface area contributed by atoms with Gasteiger partial charge in [0.05, 0.1) is 0 Å². The SMILES string of the molecule is CN(C)NC(=O)CC(N)c1ccc2c(c1)OCCO2. The van der Waals surface area contributed by atoms with Crippen LogP contribution in [-0.2, 0) is 4.79 Å². The number of hydrogen-bond donors (Lipinski definition) is 2. The molecule has 1 aromatic carbocycles. The second kappa shape index (κ2) is 5.90. The largest absolute Gasteiger partial charge is 0.486 e. The van der Waals surface area contributed by atoms with Crippen molar-refractivity contribution in [2.45, 2.75) is 12.5 Å². The molecule has 1 aliphatic rings. The van der Waals surface area contributed by atoms with Gasteiger partial charge in [0.1, 0.15) is 13.2 Å². The zero-order valence-electron chi connectivity index (χ0n) is 11.2. The highest BCUT2D eigenvalue weighted by Gasteiger charge is 2.16. The fourth-order valence-electron chi connectivity index (χ4n) is 1.90. The summed E-state index contributed by atoms with van der Waals surface area (Å²) in [5.41, 5.74) is 9.55. The normalized spacial score (nSPS) is 15.2. The van der Waals surface area contributed by atoms with E-state index in [2.05, 4.69) is 5.43 Å². The molecule has 0 spiro atoms. The molecule has 1 aromatic rings. The molecule has 0 saturated carbocycles. The van der Waals surface area contributed by atoms with Crippen LogP contribution < -0.4 is 20.6 Å². The number of fused-ring (bicyclic) bond motifs is 1. The van der Waals surface area contributed by atoms with Crippen molar-refractivity contribution in [2.24, 2.45) is 5.73 Å². The van der Waals surface area contributed by atoms with Gasteiger partial charge in [0.15, 0.2) is 11.5 Å². The summed E-state index contributed by atoms with van der Waals surface area (Å²) >= 11 is 0. The van der Waals surface area contributed by atoms with E-state index in [4.69, 9.17) is 15.2 Å². The smallest absolute Gasteiger partial charge is 0.236 e. The third-order valence-electron chi connectivity index (χ3n) is 2.75. The molecule has 6 nitrogen and oxygen atoms in total. The Morgan fingerprint density at radius 2 is 2.05 bits per heavy atom. The van der Waals surface area contributed by atoms with E-state index < -0.39 is 0 Å². The lowest BCUT2D eigenvalue weighted by molar-refractivity contribution is -0.125. The summed E-state index contributed by atoms with van der Waals surface area (Å²) < 4.78 is 10.9. The zero-order chi connectivity index (χ0) is 13.8. The van der Waals surface area contributed by atoms with Gasteiger partial charge in [-0.2, -0.15) is 0 Å². The maximum absolute atomic E-state index is 11.6. The number of amides is 1. The molecule has 104 valence electrons. The summed E-state index contributed by atoms with van der Waals surface area (Å²) in [7, 11) is 3.51. The second-order valence-electron chi connectivity index (χ2n) is 4.64. The molecule has 6 heteroatoms. The fraction of sp³-hybridized carbons (Fsp3) is 0.462. The Balaban J connectivity index is 2.03. The molecule has 3 N–H and O–H groups in total. The van der Waals surface area contributed by atoms with Gasteiger partial charge in [-0.1, -0.05) is 6.07 Å². The van der Waals surface area contributed by atoms with E-state index in [0.29, 0.717) is 19.0 Å². The third-order valence-corrected chi connectivity index (χ3v) is 2.75. The van der Waals surface area contributed by atoms with Crippen molar-refractivity contribution in [1.29, 1.82) is 0 Å². The molecule has 1 aliphatic heterocycles. The highest BCUT2D eigenvalue weighted by Crippen LogP contribution is 2.32. The van der Waals surface area contributed by atoms with E-state index in [-0.39, 0.29) is 18.4 Å². The summed E-state index contributed by atoms with van der Waals surface area (Å²) in [6.45, 7) is 1.09. The average Bonchev–Trinajstić information content (AvgIpc) is 2.37. The van der Waals surface area contributed by atoms with Gasteiger partial charge in [-0.3, -0.25) is 10.2 Å². The Bertz CT molecular complexity index is 462. The number of rotatable bonds is 4. The van der Waals surface area contributed by atoms with Crippen molar-refractivity contribution >= 4 is 5.91 Å². The van der Waals surface area contributed by atoms with Gasteiger partial charge in [0, 0.05) is 26.6 Å². The van der Waals surface area contributed by atoms with Gasteiger partial charge in [0.2, 0.25) is 5.91 Å². The second-order valence-corrected chi connectivity index (χ2v) is 4.64. The summed E-state index contributed by atoms with van der Waals surface area (Å²) in [4.78, 5) is 11.6. The quantitative estimate of drug-likeness (QED) is 0.773. The zero-order valence-corrected chi connectivity index (χ0v) is 11.2. The van der Waals surface area contributed by atoms with Gasteiger partial charge in [-0.05, 0) is 17.7 Å². The Labute approximate surface area is 112 Å². The van der Waals surface area contributed by atoms with Crippen LogP contribution in [0, 0.1) is 0 Å². The highest BCUT2D eigenvalue weighted by molar-refractivity contribution is 5.76. The topological polar surface area (TPSA) is 76.8 Å². The molecule has 1 amide bonds. The third kappa shape index (κ3) is 3.59. The van der Waals surface area contributed by atoms with E-state index in [9.17, 15) is 4.79 Å². The summed E-state index contributed by atoms with van der Waals surface area (Å²) in [6, 6.07) is 5.16. The number of nitrogens with one attached hydrogen (secondary N) is 1. The fourth-order valence-corrected chi connectivity index (χ4v) is 1.90. The number of carbonyl (C=O) groups is 1. The van der Waals surface area contributed by atoms with Gasteiger partial charge in [-0.15, -0.1) is 0 Å². The van der Waals surface area contributed by atoms with E-state index in [1.54, 1.807) is 19.1 Å². The molecule has 1 heterocycles. The monoisotopic (exact) mass is 265 g/mol. The van der Waals surface area contributed by atoms with Crippen molar-refractivity contribution in [3.63, 3.8) is 0 Å². The van der Waals surface area contributed by atoms with E-state index in [1.807, 2.05) is 18.2 Å². The summed E-state index contributed by atoms with van der Waals surface area (Å²) in [5, 5.41) is 1.60. The summed E-state index contributed by atoms with van der Waals surface area (Å²) in [6.07, 6.45) is 0.220. The van der Waals surface area contributed by atoms with Gasteiger partial charge in [0.25, 0.3) is 0 Å². The van der Waals surface area contributed by atoms with Crippen LogP contribution in [0.4, 0.5) is 0 Å². The number of nitrogens with zero attached hydrogens (tertiary/aromatic N) is 1. The molecule has 0 saturated heterocycles. The number of hydrazine groups is 1. The average molecular weight is 265 g/mol. The minimum absolute atomic E-state index is 0.118. The molecule has 1 unspecified atom stereocenters. The van der Waals surface area contributed by atoms with Crippen LogP contribution in [-0.4, -0.2) is 38.2 Å². The van der Waals surface area contributed by atoms with Crippen LogP contribution in [0.1, 0.15) is 18.0 Å². The molecular weight excluding hydrogens is 246 g/mol. The Kier molecular flexibility index (Phi) is 4.24. The molecule has 0 radical (unpaired) electrons. The van der Waals surface area contributed by atoms with Crippen molar-refractivity contribution in [1.82, 2.24) is 10.4 Å². The first-order valence-electron chi connectivity index (χ1n) is 6.18. The number of benzene rings is 1. The standard InChI is InChI=1S/C13H19N3O3/c1-16(2)15-13(17)8-10(14)9-3-4-11-12(7-9)19-6-5-18-11/h3-4,7,10H,5-6,8,14H2,1-2H3,(H,15,17). The van der Waals surface area contributed by atoms with Crippen LogP contribution in [0.3, 0.4) is 0 Å². The van der Waals surface area contributed by atoms with Crippen molar-refractivity contribution in [3.8, 4) is 11.5 Å². The molecule has 2 rings (SSSR count). The lowest BCUT2D eigenvalue weighted by atomic mass is 10.0. The molecule has 0 fully saturated rings. The molecule has 0 aliphatic carbocycles. The Morgan fingerprint density at radius 3 is 2.74 bits per heavy atom. The number of hydrogen-bond acceptors (Lipinski definition) is 5. The predicted molar refractivity (Wildman–Crippen MR) is 70.8 cm³/mol. The van der Waals surface area contributed by atoms with Crippen LogP contribution in [0.15, 0.2) is 18.2 Å². The molecule has 1 atom stereocenters. The maximum atomic E-state index is 11.6. The van der Waals surface area contributed by atoms with Crippen molar-refractivity contribution in [2.75, 3.05) is 27.3 Å². The molecule has 0 bridgehead atoms. The predicted octanol–water partition coefficient (Wildman–Crippen LogP) is 0.440. The van der Waals surface area contributed by atoms with Crippen LogP contribution >= 0.6 is 0 Å². The first-order valence-corrected chi connectivity index (χ1v) is 6.18. The van der Waals surface area contributed by atoms with Crippen molar-refractivity contribution in [3.05, 3.63) is 23.8 Å². The highest BCUT2D eigenvalue weighted by atomic mass is 16.6. The Morgan fingerprint density at radius 1 is 1.37 bits per heavy atom. The number of nitrogens with two attached hydrogens (primary N) is 1. The van der Waals surface area contributed by atoms with E-state index >= 15 is 0 Å². The summed E-state index contributed by atoms with van der Waals surface area (Å²) in [5.74, 6) is 1.29. The molecular formula is C13H19N3O3. The van der Waals surface area contributed by atoms with Gasteiger partial charge >= 0.3 is 0 Å².